The standard InChI is InChI=1S/C25H32Cl2N2O2/c1-6-22(24(31)28-5)29(16-18-9-13-20(26)21(27)15-18)23(30)14-10-17-7-11-19(12-8-17)25(2,3)4/h7-9,11-13,15,22H,6,10,14,16H2,1-5H3,(H,28,31). The molecule has 1 unspecified atom stereocenters. The summed E-state index contributed by atoms with van der Waals surface area (Å²) in [6.07, 6.45) is 1.46. The smallest absolute Gasteiger partial charge is 0.242 e. The van der Waals surface area contributed by atoms with Crippen molar-refractivity contribution >= 4 is 35.0 Å². The molecule has 0 aliphatic heterocycles. The third-order valence-corrected chi connectivity index (χ3v) is 6.16. The second kappa shape index (κ2) is 11.0. The summed E-state index contributed by atoms with van der Waals surface area (Å²) in [6.45, 7) is 8.73. The van der Waals surface area contributed by atoms with E-state index in [2.05, 4.69) is 50.4 Å². The number of carbonyl (C=O) groups excluding carboxylic acids is 2. The predicted octanol–water partition coefficient (Wildman–Crippen LogP) is 5.78. The lowest BCUT2D eigenvalue weighted by Crippen LogP contribution is -2.48. The van der Waals surface area contributed by atoms with Crippen LogP contribution in [-0.4, -0.2) is 29.8 Å². The highest BCUT2D eigenvalue weighted by Crippen LogP contribution is 2.25. The lowest BCUT2D eigenvalue weighted by Gasteiger charge is -2.30. The molecule has 168 valence electrons. The number of likely N-dealkylation sites (N-methyl/N-ethyl adjacent to an activating group) is 1. The zero-order valence-electron chi connectivity index (χ0n) is 19.0. The van der Waals surface area contributed by atoms with Gasteiger partial charge in [0.05, 0.1) is 10.0 Å². The van der Waals surface area contributed by atoms with Crippen LogP contribution in [0.25, 0.3) is 0 Å². The van der Waals surface area contributed by atoms with Crippen molar-refractivity contribution < 1.29 is 9.59 Å². The monoisotopic (exact) mass is 462 g/mol. The second-order valence-electron chi connectivity index (χ2n) is 8.76. The molecule has 0 saturated carbocycles. The number of hydrogen-bond acceptors (Lipinski definition) is 2. The minimum Gasteiger partial charge on any atom is -0.357 e. The molecule has 0 bridgehead atoms. The summed E-state index contributed by atoms with van der Waals surface area (Å²) in [4.78, 5) is 27.3. The number of amides is 2. The molecule has 0 aliphatic rings. The highest BCUT2D eigenvalue weighted by Gasteiger charge is 2.28. The Labute approximate surface area is 195 Å². The van der Waals surface area contributed by atoms with Gasteiger partial charge in [-0.1, -0.05) is 81.2 Å². The van der Waals surface area contributed by atoms with E-state index in [-0.39, 0.29) is 17.2 Å². The van der Waals surface area contributed by atoms with E-state index in [0.29, 0.717) is 35.9 Å². The lowest BCUT2D eigenvalue weighted by atomic mass is 9.86. The van der Waals surface area contributed by atoms with Gasteiger partial charge >= 0.3 is 0 Å². The molecule has 1 atom stereocenters. The third kappa shape index (κ3) is 6.98. The summed E-state index contributed by atoms with van der Waals surface area (Å²) < 4.78 is 0. The van der Waals surface area contributed by atoms with Crippen LogP contribution >= 0.6 is 23.2 Å². The average Bonchev–Trinajstić information content (AvgIpc) is 2.73. The molecule has 2 aromatic carbocycles. The summed E-state index contributed by atoms with van der Waals surface area (Å²) in [5.74, 6) is -0.244. The molecule has 0 aromatic heterocycles. The molecule has 0 fully saturated rings. The predicted molar refractivity (Wildman–Crippen MR) is 129 cm³/mol. The number of rotatable bonds is 8. The fourth-order valence-corrected chi connectivity index (χ4v) is 3.81. The minimum absolute atomic E-state index is 0.0681. The number of nitrogens with one attached hydrogen (secondary N) is 1. The third-order valence-electron chi connectivity index (χ3n) is 5.42. The molecule has 0 heterocycles. The molecule has 2 amide bonds. The van der Waals surface area contributed by atoms with Crippen LogP contribution in [0.3, 0.4) is 0 Å². The molecule has 0 spiro atoms. The van der Waals surface area contributed by atoms with Crippen molar-refractivity contribution in [3.63, 3.8) is 0 Å². The molecule has 2 aromatic rings. The first-order chi connectivity index (χ1) is 14.6. The van der Waals surface area contributed by atoms with Crippen LogP contribution in [-0.2, 0) is 28.0 Å². The Balaban J connectivity index is 2.18. The highest BCUT2D eigenvalue weighted by molar-refractivity contribution is 6.42. The summed E-state index contributed by atoms with van der Waals surface area (Å²) in [5, 5.41) is 3.56. The molecular formula is C25H32Cl2N2O2. The molecule has 0 radical (unpaired) electrons. The van der Waals surface area contributed by atoms with E-state index in [1.54, 1.807) is 24.1 Å². The van der Waals surface area contributed by atoms with Crippen molar-refractivity contribution in [2.24, 2.45) is 0 Å². The first-order valence-electron chi connectivity index (χ1n) is 10.6. The van der Waals surface area contributed by atoms with E-state index in [0.717, 1.165) is 11.1 Å². The van der Waals surface area contributed by atoms with Crippen molar-refractivity contribution in [3.8, 4) is 0 Å². The lowest BCUT2D eigenvalue weighted by molar-refractivity contribution is -0.141. The zero-order chi connectivity index (χ0) is 23.2. The van der Waals surface area contributed by atoms with Crippen molar-refractivity contribution in [1.29, 1.82) is 0 Å². The molecule has 4 nitrogen and oxygen atoms in total. The molecular weight excluding hydrogens is 431 g/mol. The number of benzene rings is 2. The van der Waals surface area contributed by atoms with Gasteiger partial charge in [-0.15, -0.1) is 0 Å². The van der Waals surface area contributed by atoms with Crippen LogP contribution in [0.5, 0.6) is 0 Å². The summed E-state index contributed by atoms with van der Waals surface area (Å²) in [5.41, 5.74) is 3.28. The van der Waals surface area contributed by atoms with E-state index in [1.165, 1.54) is 5.56 Å². The fraction of sp³-hybridized carbons (Fsp3) is 0.440. The first kappa shape index (κ1) is 25.2. The van der Waals surface area contributed by atoms with Gasteiger partial charge in [0.2, 0.25) is 11.8 Å². The summed E-state index contributed by atoms with van der Waals surface area (Å²) in [7, 11) is 1.59. The molecule has 0 aliphatic carbocycles. The maximum absolute atomic E-state index is 13.2. The highest BCUT2D eigenvalue weighted by atomic mass is 35.5. The Hall–Kier alpha value is -2.04. The number of hydrogen-bond donors (Lipinski definition) is 1. The van der Waals surface area contributed by atoms with E-state index in [9.17, 15) is 9.59 Å². The number of nitrogens with zero attached hydrogens (tertiary/aromatic N) is 1. The Morgan fingerprint density at radius 1 is 1.00 bits per heavy atom. The summed E-state index contributed by atoms with van der Waals surface area (Å²) in [6, 6.07) is 13.1. The van der Waals surface area contributed by atoms with Gasteiger partial charge in [0.1, 0.15) is 6.04 Å². The first-order valence-corrected chi connectivity index (χ1v) is 11.4. The average molecular weight is 463 g/mol. The fourth-order valence-electron chi connectivity index (χ4n) is 3.49. The van der Waals surface area contributed by atoms with E-state index >= 15 is 0 Å². The van der Waals surface area contributed by atoms with Crippen molar-refractivity contribution in [2.45, 2.75) is 65.0 Å². The Morgan fingerprint density at radius 3 is 2.13 bits per heavy atom. The number of aryl methyl sites for hydroxylation is 1. The number of carbonyl (C=O) groups is 2. The molecule has 2 rings (SSSR count). The Morgan fingerprint density at radius 2 is 1.61 bits per heavy atom. The molecule has 31 heavy (non-hydrogen) atoms. The quantitative estimate of drug-likeness (QED) is 0.540. The maximum atomic E-state index is 13.2. The van der Waals surface area contributed by atoms with Gasteiger partial charge in [-0.25, -0.2) is 0 Å². The van der Waals surface area contributed by atoms with Crippen molar-refractivity contribution in [2.75, 3.05) is 7.05 Å². The molecule has 0 saturated heterocycles. The van der Waals surface area contributed by atoms with E-state index in [1.807, 2.05) is 13.0 Å². The zero-order valence-corrected chi connectivity index (χ0v) is 20.5. The maximum Gasteiger partial charge on any atom is 0.242 e. The van der Waals surface area contributed by atoms with Crippen LogP contribution in [0.4, 0.5) is 0 Å². The van der Waals surface area contributed by atoms with Crippen LogP contribution in [0, 0.1) is 0 Å². The second-order valence-corrected chi connectivity index (χ2v) is 9.57. The topological polar surface area (TPSA) is 49.4 Å². The Bertz CT molecular complexity index is 905. The van der Waals surface area contributed by atoms with Gasteiger partial charge in [0.25, 0.3) is 0 Å². The SMILES string of the molecule is CCC(C(=O)NC)N(Cc1ccc(Cl)c(Cl)c1)C(=O)CCc1ccc(C(C)(C)C)cc1. The normalized spacial score (nSPS) is 12.4. The van der Waals surface area contributed by atoms with Gasteiger partial charge in [-0.2, -0.15) is 0 Å². The van der Waals surface area contributed by atoms with Gasteiger partial charge < -0.3 is 10.2 Å². The van der Waals surface area contributed by atoms with Crippen LogP contribution < -0.4 is 5.32 Å². The van der Waals surface area contributed by atoms with Crippen LogP contribution in [0.1, 0.15) is 57.2 Å². The Kier molecular flexibility index (Phi) is 8.96. The van der Waals surface area contributed by atoms with Crippen LogP contribution in [0.2, 0.25) is 10.0 Å². The van der Waals surface area contributed by atoms with Gasteiger partial charge in [-0.05, 0) is 47.1 Å². The molecule has 1 N–H and O–H groups in total. The van der Waals surface area contributed by atoms with Gasteiger partial charge in [-0.3, -0.25) is 9.59 Å². The van der Waals surface area contributed by atoms with E-state index in [4.69, 9.17) is 23.2 Å². The van der Waals surface area contributed by atoms with Crippen molar-refractivity contribution in [1.82, 2.24) is 10.2 Å². The van der Waals surface area contributed by atoms with Crippen LogP contribution in [0.15, 0.2) is 42.5 Å². The van der Waals surface area contributed by atoms with Gasteiger partial charge in [0, 0.05) is 20.0 Å². The van der Waals surface area contributed by atoms with Crippen molar-refractivity contribution in [3.05, 3.63) is 69.2 Å². The molecule has 6 heteroatoms. The summed E-state index contributed by atoms with van der Waals surface area (Å²) >= 11 is 12.2. The van der Waals surface area contributed by atoms with Gasteiger partial charge in [0.15, 0.2) is 0 Å². The minimum atomic E-state index is -0.546. The number of halogens is 2. The largest absolute Gasteiger partial charge is 0.357 e. The van der Waals surface area contributed by atoms with E-state index < -0.39 is 6.04 Å².